The molecule has 146 valence electrons. The summed E-state index contributed by atoms with van der Waals surface area (Å²) in [7, 11) is 2.46. The lowest BCUT2D eigenvalue weighted by atomic mass is 10.1. The summed E-state index contributed by atoms with van der Waals surface area (Å²) in [5.41, 5.74) is -1.08. The number of ether oxygens (including phenoxy) is 2. The third kappa shape index (κ3) is 5.28. The summed E-state index contributed by atoms with van der Waals surface area (Å²) in [5.74, 6) is -1.32. The van der Waals surface area contributed by atoms with Gasteiger partial charge in [0.05, 0.1) is 19.8 Å². The van der Waals surface area contributed by atoms with Crippen LogP contribution in [0.15, 0.2) is 52.5 Å². The van der Waals surface area contributed by atoms with Crippen LogP contribution in [0.25, 0.3) is 6.08 Å². The van der Waals surface area contributed by atoms with Crippen molar-refractivity contribution in [1.29, 1.82) is 0 Å². The number of halogens is 4. The minimum absolute atomic E-state index is 0.0649. The first-order chi connectivity index (χ1) is 13.3. The van der Waals surface area contributed by atoms with Crippen LogP contribution < -0.4 is 4.74 Å². The second-order valence-corrected chi connectivity index (χ2v) is 5.24. The van der Waals surface area contributed by atoms with Crippen LogP contribution in [0.5, 0.6) is 5.75 Å². The minimum Gasteiger partial charge on any atom is -0.494 e. The maximum atomic E-state index is 14.0. The van der Waals surface area contributed by atoms with Gasteiger partial charge in [-0.05, 0) is 30.3 Å². The van der Waals surface area contributed by atoms with E-state index in [4.69, 9.17) is 4.74 Å². The molecule has 0 heterocycles. The average molecular weight is 394 g/mol. The molecule has 2 aromatic rings. The highest BCUT2D eigenvalue weighted by molar-refractivity contribution is 5.88. The first kappa shape index (κ1) is 20.9. The van der Waals surface area contributed by atoms with Crippen molar-refractivity contribution in [2.75, 3.05) is 14.2 Å². The smallest absolute Gasteiger partial charge is 0.416 e. The van der Waals surface area contributed by atoms with Crippen LogP contribution in [0.2, 0.25) is 0 Å². The maximum Gasteiger partial charge on any atom is 0.416 e. The molecule has 0 amide bonds. The number of benzene rings is 2. The molecule has 2 aromatic carbocycles. The molecule has 0 fully saturated rings. The Balaban J connectivity index is 2.45. The Morgan fingerprint density at radius 1 is 1.14 bits per heavy atom. The molecule has 5 nitrogen and oxygen atoms in total. The lowest BCUT2D eigenvalue weighted by molar-refractivity contribution is -0.137. The highest BCUT2D eigenvalue weighted by Gasteiger charge is 2.31. The Bertz CT molecular complexity index is 962. The molecule has 0 aliphatic heterocycles. The van der Waals surface area contributed by atoms with Gasteiger partial charge in [0.15, 0.2) is 0 Å². The number of esters is 1. The van der Waals surface area contributed by atoms with Gasteiger partial charge in [-0.3, -0.25) is 0 Å². The predicted octanol–water partition coefficient (Wildman–Crippen LogP) is 5.18. The fourth-order valence-corrected chi connectivity index (χ4v) is 2.09. The molecule has 0 saturated carbocycles. The normalized spacial score (nSPS) is 11.1. The van der Waals surface area contributed by atoms with Gasteiger partial charge >= 0.3 is 12.1 Å². The van der Waals surface area contributed by atoms with Crippen LogP contribution in [0.4, 0.5) is 28.9 Å². The Hall–Kier alpha value is -3.45. The molecule has 0 radical (unpaired) electrons. The fraction of sp³-hybridized carbons (Fsp3) is 0.158. The van der Waals surface area contributed by atoms with Crippen LogP contribution in [0.1, 0.15) is 11.1 Å². The summed E-state index contributed by atoms with van der Waals surface area (Å²) in [6.07, 6.45) is -2.22. The van der Waals surface area contributed by atoms with Crippen molar-refractivity contribution >= 4 is 29.4 Å². The van der Waals surface area contributed by atoms with E-state index < -0.39 is 23.5 Å². The molecule has 0 bridgehead atoms. The van der Waals surface area contributed by atoms with Crippen LogP contribution in [-0.2, 0) is 15.7 Å². The number of carbonyl (C=O) groups excluding carboxylic acids is 1. The van der Waals surface area contributed by atoms with Crippen molar-refractivity contribution in [2.45, 2.75) is 6.18 Å². The molecule has 28 heavy (non-hydrogen) atoms. The van der Waals surface area contributed by atoms with Crippen LogP contribution in [0, 0.1) is 5.82 Å². The number of aliphatic imine (C=N–C) groups is 2. The molecular formula is C19H14F4N2O3. The molecule has 0 aliphatic carbocycles. The molecule has 0 aromatic heterocycles. The molecule has 2 rings (SSSR count). The van der Waals surface area contributed by atoms with E-state index in [0.29, 0.717) is 0 Å². The molecule has 0 aliphatic rings. The molecule has 0 spiro atoms. The molecular weight excluding hydrogens is 380 g/mol. The second-order valence-electron chi connectivity index (χ2n) is 5.24. The van der Waals surface area contributed by atoms with Gasteiger partial charge < -0.3 is 9.47 Å². The predicted molar refractivity (Wildman–Crippen MR) is 94.6 cm³/mol. The van der Waals surface area contributed by atoms with E-state index in [-0.39, 0.29) is 22.7 Å². The highest BCUT2D eigenvalue weighted by atomic mass is 19.4. The summed E-state index contributed by atoms with van der Waals surface area (Å²) in [6.45, 7) is 0. The number of hydrogen-bond donors (Lipinski definition) is 0. The number of hydrogen-bond acceptors (Lipinski definition) is 5. The maximum absolute atomic E-state index is 14.0. The lowest BCUT2D eigenvalue weighted by Gasteiger charge is -2.09. The Labute approximate surface area is 157 Å². The number of para-hydroxylation sites is 1. The quantitative estimate of drug-likeness (QED) is 0.304. The highest BCUT2D eigenvalue weighted by Crippen LogP contribution is 2.36. The minimum atomic E-state index is -4.56. The number of carbonyl (C=O) groups is 1. The van der Waals surface area contributed by atoms with Crippen molar-refractivity contribution in [1.82, 2.24) is 0 Å². The van der Waals surface area contributed by atoms with Gasteiger partial charge in [0.25, 0.3) is 0 Å². The van der Waals surface area contributed by atoms with Crippen LogP contribution in [-0.4, -0.2) is 26.2 Å². The molecule has 9 heteroatoms. The van der Waals surface area contributed by atoms with Gasteiger partial charge in [-0.1, -0.05) is 12.1 Å². The zero-order chi connectivity index (χ0) is 20.7. The molecule has 0 unspecified atom stereocenters. The number of methoxy groups -OCH3 is 2. The van der Waals surface area contributed by atoms with Crippen LogP contribution in [0.3, 0.4) is 0 Å². The summed E-state index contributed by atoms with van der Waals surface area (Å²) in [5, 5.41) is 0. The standard InChI is InChI=1S/C19H14F4N2O3/c1-27-16-8-7-13(19(21,22)23)10-15(16)24-11-25-18-12(4-3-5-14(18)20)6-9-17(26)28-2/h3-10H,1-2H3/b9-6-. The van der Waals surface area contributed by atoms with E-state index in [2.05, 4.69) is 20.7 Å². The topological polar surface area (TPSA) is 60.2 Å². The van der Waals surface area contributed by atoms with Crippen molar-refractivity contribution in [3.05, 3.63) is 59.4 Å². The van der Waals surface area contributed by atoms with E-state index >= 15 is 0 Å². The zero-order valence-corrected chi connectivity index (χ0v) is 14.7. The van der Waals surface area contributed by atoms with E-state index in [1.165, 1.54) is 32.4 Å². The third-order valence-electron chi connectivity index (χ3n) is 3.46. The van der Waals surface area contributed by atoms with E-state index in [9.17, 15) is 22.4 Å². The Kier molecular flexibility index (Phi) is 6.68. The summed E-state index contributed by atoms with van der Waals surface area (Å²) >= 11 is 0. The molecule has 0 N–H and O–H groups in total. The average Bonchev–Trinajstić information content (AvgIpc) is 2.66. The van der Waals surface area contributed by atoms with Gasteiger partial charge in [-0.15, -0.1) is 0 Å². The SMILES string of the molecule is COC(=O)/C=C\c1cccc(F)c1N=C=Nc1cc(C(F)(F)F)ccc1OC. The number of nitrogens with zero attached hydrogens (tertiary/aromatic N) is 2. The van der Waals surface area contributed by atoms with E-state index in [1.54, 1.807) is 0 Å². The monoisotopic (exact) mass is 394 g/mol. The second kappa shape index (κ2) is 8.96. The number of alkyl halides is 3. The van der Waals surface area contributed by atoms with E-state index in [0.717, 1.165) is 30.3 Å². The number of rotatable bonds is 5. The summed E-state index contributed by atoms with van der Waals surface area (Å²) < 4.78 is 62.0. The van der Waals surface area contributed by atoms with Gasteiger partial charge in [0.1, 0.15) is 28.9 Å². The summed E-state index contributed by atoms with van der Waals surface area (Å²) in [6, 6.07) is 8.90. The van der Waals surface area contributed by atoms with Gasteiger partial charge in [-0.25, -0.2) is 9.18 Å². The molecule has 0 saturated heterocycles. The van der Waals surface area contributed by atoms with Crippen molar-refractivity contribution in [3.63, 3.8) is 0 Å². The van der Waals surface area contributed by atoms with Crippen molar-refractivity contribution in [3.8, 4) is 5.75 Å². The van der Waals surface area contributed by atoms with Gasteiger partial charge in [0, 0.05) is 11.6 Å². The largest absolute Gasteiger partial charge is 0.494 e. The Morgan fingerprint density at radius 2 is 1.89 bits per heavy atom. The van der Waals surface area contributed by atoms with E-state index in [1.807, 2.05) is 0 Å². The lowest BCUT2D eigenvalue weighted by Crippen LogP contribution is -2.04. The third-order valence-corrected chi connectivity index (χ3v) is 3.46. The van der Waals surface area contributed by atoms with Crippen molar-refractivity contribution in [2.24, 2.45) is 9.98 Å². The van der Waals surface area contributed by atoms with Crippen molar-refractivity contribution < 1.29 is 31.8 Å². The first-order valence-electron chi connectivity index (χ1n) is 7.72. The Morgan fingerprint density at radius 3 is 2.54 bits per heavy atom. The van der Waals surface area contributed by atoms with Gasteiger partial charge in [-0.2, -0.15) is 23.2 Å². The van der Waals surface area contributed by atoms with Crippen LogP contribution >= 0.6 is 0 Å². The molecule has 0 atom stereocenters. The zero-order valence-electron chi connectivity index (χ0n) is 14.7. The first-order valence-corrected chi connectivity index (χ1v) is 7.72. The van der Waals surface area contributed by atoms with Gasteiger partial charge in [0.2, 0.25) is 0 Å². The fourth-order valence-electron chi connectivity index (χ4n) is 2.09. The summed E-state index contributed by atoms with van der Waals surface area (Å²) in [4.78, 5) is 18.6.